The third-order valence-electron chi connectivity index (χ3n) is 3.77. The highest BCUT2D eigenvalue weighted by molar-refractivity contribution is 9.10. The van der Waals surface area contributed by atoms with Gasteiger partial charge in [0.05, 0.1) is 19.3 Å². The molecule has 0 saturated carbocycles. The van der Waals surface area contributed by atoms with Crippen LogP contribution in [0.5, 0.6) is 0 Å². The number of aliphatic carboxylic acids is 1. The van der Waals surface area contributed by atoms with E-state index in [0.29, 0.717) is 31.8 Å². The molecule has 1 aromatic rings. The van der Waals surface area contributed by atoms with Crippen LogP contribution in [0.3, 0.4) is 0 Å². The highest BCUT2D eigenvalue weighted by Crippen LogP contribution is 2.19. The first-order chi connectivity index (χ1) is 10.9. The summed E-state index contributed by atoms with van der Waals surface area (Å²) in [5.41, 5.74) is 1.61. The molecule has 1 aliphatic rings. The molecule has 1 saturated heterocycles. The summed E-state index contributed by atoms with van der Waals surface area (Å²) in [7, 11) is 1.73. The molecule has 23 heavy (non-hydrogen) atoms. The van der Waals surface area contributed by atoms with Crippen LogP contribution < -0.4 is 0 Å². The van der Waals surface area contributed by atoms with Crippen LogP contribution in [0.15, 0.2) is 22.7 Å². The monoisotopic (exact) mass is 384 g/mol. The van der Waals surface area contributed by atoms with Gasteiger partial charge in [-0.05, 0) is 37.7 Å². The summed E-state index contributed by atoms with van der Waals surface area (Å²) in [6.45, 7) is 3.84. The van der Waals surface area contributed by atoms with Crippen LogP contribution in [0.1, 0.15) is 15.9 Å². The molecule has 0 radical (unpaired) electrons. The molecule has 0 aliphatic carbocycles. The van der Waals surface area contributed by atoms with Gasteiger partial charge in [0, 0.05) is 29.7 Å². The number of hydrogen-bond donors (Lipinski definition) is 1. The maximum Gasteiger partial charge on any atom is 0.317 e. The van der Waals surface area contributed by atoms with Gasteiger partial charge in [0.1, 0.15) is 0 Å². The van der Waals surface area contributed by atoms with Crippen molar-refractivity contribution < 1.29 is 19.4 Å². The number of carbonyl (C=O) groups excluding carboxylic acids is 1. The van der Waals surface area contributed by atoms with Crippen LogP contribution in [0.2, 0.25) is 0 Å². The Kier molecular flexibility index (Phi) is 6.15. The Morgan fingerprint density at radius 3 is 2.87 bits per heavy atom. The third kappa shape index (κ3) is 5.02. The number of carboxylic acid groups (broad SMARTS) is 1. The van der Waals surface area contributed by atoms with E-state index in [1.807, 2.05) is 25.1 Å². The number of carbonyl (C=O) groups is 2. The minimum atomic E-state index is -0.873. The molecule has 0 unspecified atom stereocenters. The normalized spacial score (nSPS) is 18.3. The molecular weight excluding hydrogens is 364 g/mol. The van der Waals surface area contributed by atoms with E-state index in [2.05, 4.69) is 15.9 Å². The second kappa shape index (κ2) is 7.90. The minimum absolute atomic E-state index is 0.0100. The van der Waals surface area contributed by atoms with E-state index in [1.165, 1.54) is 0 Å². The predicted octanol–water partition coefficient (Wildman–Crippen LogP) is 1.61. The summed E-state index contributed by atoms with van der Waals surface area (Å²) in [5.74, 6) is -0.883. The standard InChI is InChI=1S/C16H21BrN2O4/c1-11-7-12(17)3-4-14(11)16(22)19-5-6-23-13(9-19)8-18(2)10-15(20)21/h3-4,7,13H,5-6,8-10H2,1-2H3,(H,20,21)/t13-/m0/s1. The number of benzene rings is 1. The molecule has 2 rings (SSSR count). The van der Waals surface area contributed by atoms with Crippen LogP contribution in [-0.4, -0.2) is 72.7 Å². The highest BCUT2D eigenvalue weighted by atomic mass is 79.9. The number of halogens is 1. The van der Waals surface area contributed by atoms with Crippen LogP contribution in [0, 0.1) is 6.92 Å². The summed E-state index contributed by atoms with van der Waals surface area (Å²) in [4.78, 5) is 26.9. The fraction of sp³-hybridized carbons (Fsp3) is 0.500. The van der Waals surface area contributed by atoms with E-state index in [0.717, 1.165) is 10.0 Å². The Hall–Kier alpha value is -1.44. The van der Waals surface area contributed by atoms with Crippen LogP contribution in [0.25, 0.3) is 0 Å². The Morgan fingerprint density at radius 2 is 2.22 bits per heavy atom. The van der Waals surface area contributed by atoms with Gasteiger partial charge in [-0.1, -0.05) is 15.9 Å². The number of hydrogen-bond acceptors (Lipinski definition) is 4. The number of ether oxygens (including phenoxy) is 1. The van der Waals surface area contributed by atoms with Crippen molar-refractivity contribution in [2.24, 2.45) is 0 Å². The number of likely N-dealkylation sites (N-methyl/N-ethyl adjacent to an activating group) is 1. The molecule has 0 aromatic heterocycles. The first kappa shape index (κ1) is 17.9. The van der Waals surface area contributed by atoms with E-state index in [1.54, 1.807) is 16.8 Å². The van der Waals surface area contributed by atoms with Crippen molar-refractivity contribution in [1.82, 2.24) is 9.80 Å². The summed E-state index contributed by atoms with van der Waals surface area (Å²) >= 11 is 3.40. The van der Waals surface area contributed by atoms with E-state index < -0.39 is 5.97 Å². The molecule has 1 N–H and O–H groups in total. The molecule has 126 valence electrons. The lowest BCUT2D eigenvalue weighted by Crippen LogP contribution is -2.49. The van der Waals surface area contributed by atoms with Crippen molar-refractivity contribution in [3.8, 4) is 0 Å². The molecule has 0 spiro atoms. The van der Waals surface area contributed by atoms with E-state index >= 15 is 0 Å². The van der Waals surface area contributed by atoms with Crippen molar-refractivity contribution in [2.75, 3.05) is 39.8 Å². The average Bonchev–Trinajstić information content (AvgIpc) is 2.46. The second-order valence-corrected chi connectivity index (χ2v) is 6.71. The van der Waals surface area contributed by atoms with Gasteiger partial charge in [0.25, 0.3) is 5.91 Å². The number of carboxylic acids is 1. The zero-order valence-corrected chi connectivity index (χ0v) is 14.9. The van der Waals surface area contributed by atoms with Crippen molar-refractivity contribution in [2.45, 2.75) is 13.0 Å². The molecule has 1 atom stereocenters. The fourth-order valence-electron chi connectivity index (χ4n) is 2.69. The molecule has 1 amide bonds. The van der Waals surface area contributed by atoms with Crippen molar-refractivity contribution in [3.05, 3.63) is 33.8 Å². The van der Waals surface area contributed by atoms with Crippen LogP contribution in [0.4, 0.5) is 0 Å². The summed E-state index contributed by atoms with van der Waals surface area (Å²) in [6, 6.07) is 5.60. The van der Waals surface area contributed by atoms with Gasteiger partial charge in [0.2, 0.25) is 0 Å². The third-order valence-corrected chi connectivity index (χ3v) is 4.26. The van der Waals surface area contributed by atoms with Gasteiger partial charge in [-0.3, -0.25) is 14.5 Å². The zero-order chi connectivity index (χ0) is 17.0. The van der Waals surface area contributed by atoms with Gasteiger partial charge < -0.3 is 14.7 Å². The quantitative estimate of drug-likeness (QED) is 0.834. The van der Waals surface area contributed by atoms with Crippen molar-refractivity contribution >= 4 is 27.8 Å². The minimum Gasteiger partial charge on any atom is -0.480 e. The summed E-state index contributed by atoms with van der Waals surface area (Å²) in [5, 5.41) is 8.80. The van der Waals surface area contributed by atoms with E-state index in [4.69, 9.17) is 9.84 Å². The molecule has 1 fully saturated rings. The maximum absolute atomic E-state index is 12.7. The zero-order valence-electron chi connectivity index (χ0n) is 13.3. The summed E-state index contributed by atoms with van der Waals surface area (Å²) in [6.07, 6.45) is -0.173. The molecule has 1 heterocycles. The number of nitrogens with zero attached hydrogens (tertiary/aromatic N) is 2. The number of morpholine rings is 1. The average molecular weight is 385 g/mol. The lowest BCUT2D eigenvalue weighted by atomic mass is 10.1. The molecular formula is C16H21BrN2O4. The SMILES string of the molecule is Cc1cc(Br)ccc1C(=O)N1CCO[C@@H](CN(C)CC(=O)O)C1. The molecule has 6 nitrogen and oxygen atoms in total. The van der Waals surface area contributed by atoms with Gasteiger partial charge in [-0.2, -0.15) is 0 Å². The maximum atomic E-state index is 12.7. The van der Waals surface area contributed by atoms with E-state index in [-0.39, 0.29) is 18.6 Å². The summed E-state index contributed by atoms with van der Waals surface area (Å²) < 4.78 is 6.61. The fourth-order valence-corrected chi connectivity index (χ4v) is 3.17. The lowest BCUT2D eigenvalue weighted by molar-refractivity contribution is -0.138. The van der Waals surface area contributed by atoms with Crippen LogP contribution in [-0.2, 0) is 9.53 Å². The van der Waals surface area contributed by atoms with E-state index in [9.17, 15) is 9.59 Å². The topological polar surface area (TPSA) is 70.1 Å². The Balaban J connectivity index is 2.00. The first-order valence-electron chi connectivity index (χ1n) is 7.44. The predicted molar refractivity (Wildman–Crippen MR) is 89.7 cm³/mol. The molecule has 1 aromatic carbocycles. The van der Waals surface area contributed by atoms with Gasteiger partial charge in [-0.25, -0.2) is 0 Å². The molecule has 1 aliphatic heterocycles. The Bertz CT molecular complexity index is 593. The molecule has 0 bridgehead atoms. The smallest absolute Gasteiger partial charge is 0.317 e. The van der Waals surface area contributed by atoms with Gasteiger partial charge >= 0.3 is 5.97 Å². The van der Waals surface area contributed by atoms with Gasteiger partial charge in [-0.15, -0.1) is 0 Å². The van der Waals surface area contributed by atoms with Crippen molar-refractivity contribution in [3.63, 3.8) is 0 Å². The molecule has 7 heteroatoms. The Labute approximate surface area is 144 Å². The highest BCUT2D eigenvalue weighted by Gasteiger charge is 2.26. The first-order valence-corrected chi connectivity index (χ1v) is 8.23. The number of amides is 1. The van der Waals surface area contributed by atoms with Gasteiger partial charge in [0.15, 0.2) is 0 Å². The largest absolute Gasteiger partial charge is 0.480 e. The second-order valence-electron chi connectivity index (χ2n) is 5.79. The number of aryl methyl sites for hydroxylation is 1. The number of rotatable bonds is 5. The lowest BCUT2D eigenvalue weighted by Gasteiger charge is -2.34. The Morgan fingerprint density at radius 1 is 1.48 bits per heavy atom. The van der Waals surface area contributed by atoms with Crippen molar-refractivity contribution in [1.29, 1.82) is 0 Å². The van der Waals surface area contributed by atoms with Crippen LogP contribution >= 0.6 is 15.9 Å².